The topological polar surface area (TPSA) is 99.4 Å². The summed E-state index contributed by atoms with van der Waals surface area (Å²) in [6, 6.07) is 19.9. The van der Waals surface area contributed by atoms with Crippen molar-refractivity contribution in [3.05, 3.63) is 83.4 Å². The molecule has 0 aliphatic carbocycles. The van der Waals surface area contributed by atoms with Crippen LogP contribution in [-0.4, -0.2) is 17.0 Å². The number of ether oxygens (including phenoxy) is 1. The molecule has 138 valence electrons. The Morgan fingerprint density at radius 1 is 1.00 bits per heavy atom. The Labute approximate surface area is 163 Å². The minimum absolute atomic E-state index is 0.110. The highest BCUT2D eigenvalue weighted by atomic mass is 31.0. The summed E-state index contributed by atoms with van der Waals surface area (Å²) in [4.78, 5) is 24.0. The third kappa shape index (κ3) is 4.53. The number of hydrogen-bond donors (Lipinski definition) is 2. The highest BCUT2D eigenvalue weighted by Gasteiger charge is 2.15. The summed E-state index contributed by atoms with van der Waals surface area (Å²) in [6.07, 6.45) is 0. The van der Waals surface area contributed by atoms with E-state index >= 15 is 0 Å². The quantitative estimate of drug-likeness (QED) is 0.646. The zero-order valence-corrected chi connectivity index (χ0v) is 15.7. The number of carbonyl (C=O) groups excluding carboxylic acids is 1. The first kappa shape index (κ1) is 19.1. The predicted octanol–water partition coefficient (Wildman–Crippen LogP) is 3.80. The van der Waals surface area contributed by atoms with Crippen LogP contribution in [0.5, 0.6) is 11.5 Å². The van der Waals surface area contributed by atoms with Gasteiger partial charge in [-0.25, -0.2) is 4.79 Å². The molecule has 0 saturated carbocycles. The van der Waals surface area contributed by atoms with Crippen molar-refractivity contribution in [3.8, 4) is 17.6 Å². The number of hydrogen-bond acceptors (Lipinski definition) is 4. The average molecular weight is 390 g/mol. The summed E-state index contributed by atoms with van der Waals surface area (Å²) < 4.78 is 5.77. The van der Waals surface area contributed by atoms with Gasteiger partial charge in [-0.05, 0) is 53.8 Å². The highest BCUT2D eigenvalue weighted by Crippen LogP contribution is 2.23. The number of carboxylic acids is 1. The van der Waals surface area contributed by atoms with Crippen molar-refractivity contribution in [1.29, 1.82) is 5.26 Å². The van der Waals surface area contributed by atoms with E-state index in [1.807, 2.05) is 24.3 Å². The molecule has 0 spiro atoms. The molecule has 0 aliphatic heterocycles. The van der Waals surface area contributed by atoms with Crippen LogP contribution in [0.4, 0.5) is 5.69 Å². The van der Waals surface area contributed by atoms with Crippen LogP contribution < -0.4 is 15.4 Å². The molecule has 0 aliphatic rings. The van der Waals surface area contributed by atoms with E-state index in [0.717, 1.165) is 5.30 Å². The number of anilines is 1. The Hall–Kier alpha value is -3.68. The number of rotatable bonds is 5. The molecule has 0 fully saturated rings. The van der Waals surface area contributed by atoms with Gasteiger partial charge in [-0.2, -0.15) is 5.26 Å². The molecule has 3 aromatic rings. The lowest BCUT2D eigenvalue weighted by Gasteiger charge is -2.11. The zero-order valence-electron chi connectivity index (χ0n) is 14.5. The second-order valence-electron chi connectivity index (χ2n) is 5.83. The Morgan fingerprint density at radius 3 is 2.39 bits per heavy atom. The molecule has 3 rings (SSSR count). The second-order valence-corrected chi connectivity index (χ2v) is 6.50. The Kier molecular flexibility index (Phi) is 5.69. The molecular formula is C21H15N2O4P. The van der Waals surface area contributed by atoms with Crippen LogP contribution in [-0.2, 0) is 0 Å². The molecule has 1 atom stereocenters. The number of carboxylic acid groups (broad SMARTS) is 1. The van der Waals surface area contributed by atoms with Gasteiger partial charge < -0.3 is 15.2 Å². The third-order valence-electron chi connectivity index (χ3n) is 3.82. The maximum Gasteiger partial charge on any atom is 0.337 e. The van der Waals surface area contributed by atoms with Gasteiger partial charge in [0.05, 0.1) is 22.9 Å². The Morgan fingerprint density at radius 2 is 1.71 bits per heavy atom. The minimum atomic E-state index is -1.23. The van der Waals surface area contributed by atoms with E-state index in [1.54, 1.807) is 30.3 Å². The molecule has 0 saturated heterocycles. The van der Waals surface area contributed by atoms with E-state index in [4.69, 9.17) is 10.00 Å². The first-order valence-electron chi connectivity index (χ1n) is 8.18. The molecule has 28 heavy (non-hydrogen) atoms. The summed E-state index contributed by atoms with van der Waals surface area (Å²) in [7, 11) is 2.58. The van der Waals surface area contributed by atoms with Crippen LogP contribution in [0.25, 0.3) is 0 Å². The van der Waals surface area contributed by atoms with Crippen molar-refractivity contribution >= 4 is 32.1 Å². The number of aromatic carboxylic acids is 1. The van der Waals surface area contributed by atoms with E-state index in [2.05, 4.69) is 14.6 Å². The molecular weight excluding hydrogens is 375 g/mol. The van der Waals surface area contributed by atoms with Gasteiger partial charge in [-0.1, -0.05) is 18.2 Å². The molecule has 2 N–H and O–H groups in total. The van der Waals surface area contributed by atoms with Crippen LogP contribution >= 0.6 is 9.24 Å². The first-order chi connectivity index (χ1) is 13.5. The number of carbonyl (C=O) groups is 2. The maximum absolute atomic E-state index is 12.6. The Balaban J connectivity index is 1.82. The van der Waals surface area contributed by atoms with Gasteiger partial charge in [-0.3, -0.25) is 4.79 Å². The summed E-state index contributed by atoms with van der Waals surface area (Å²) in [6.45, 7) is 0. The molecule has 0 radical (unpaired) electrons. The lowest BCUT2D eigenvalue weighted by atomic mass is 10.1. The summed E-state index contributed by atoms with van der Waals surface area (Å²) in [5, 5.41) is 21.8. The summed E-state index contributed by atoms with van der Waals surface area (Å²) in [5.74, 6) is -0.619. The molecule has 0 bridgehead atoms. The summed E-state index contributed by atoms with van der Waals surface area (Å²) in [5.41, 5.74) is 0.456. The van der Waals surface area contributed by atoms with Crippen LogP contribution in [0.3, 0.4) is 0 Å². The van der Waals surface area contributed by atoms with Gasteiger partial charge in [0.1, 0.15) is 11.5 Å². The van der Waals surface area contributed by atoms with Gasteiger partial charge in [0.15, 0.2) is 0 Å². The van der Waals surface area contributed by atoms with Crippen LogP contribution in [0.15, 0.2) is 66.7 Å². The fourth-order valence-electron chi connectivity index (χ4n) is 2.51. The van der Waals surface area contributed by atoms with E-state index in [1.165, 1.54) is 18.2 Å². The van der Waals surface area contributed by atoms with Crippen molar-refractivity contribution in [1.82, 2.24) is 0 Å². The molecule has 0 aromatic heterocycles. The van der Waals surface area contributed by atoms with E-state index in [-0.39, 0.29) is 16.8 Å². The van der Waals surface area contributed by atoms with Gasteiger partial charge in [-0.15, -0.1) is 9.24 Å². The van der Waals surface area contributed by atoms with Gasteiger partial charge in [0, 0.05) is 5.56 Å². The minimum Gasteiger partial charge on any atom is -0.478 e. The number of nitriles is 1. The molecule has 0 heterocycles. The van der Waals surface area contributed by atoms with Crippen molar-refractivity contribution in [3.63, 3.8) is 0 Å². The molecule has 3 aromatic carbocycles. The predicted molar refractivity (Wildman–Crippen MR) is 108 cm³/mol. The van der Waals surface area contributed by atoms with E-state index < -0.39 is 11.9 Å². The van der Waals surface area contributed by atoms with Gasteiger partial charge in [0.25, 0.3) is 5.91 Å². The average Bonchev–Trinajstić information content (AvgIpc) is 2.68. The van der Waals surface area contributed by atoms with Crippen LogP contribution in [0, 0.1) is 11.3 Å². The van der Waals surface area contributed by atoms with E-state index in [9.17, 15) is 14.7 Å². The monoisotopic (exact) mass is 390 g/mol. The van der Waals surface area contributed by atoms with Crippen molar-refractivity contribution in [2.45, 2.75) is 0 Å². The van der Waals surface area contributed by atoms with Crippen LogP contribution in [0.1, 0.15) is 26.3 Å². The standard InChI is InChI=1S/C21H15N2O4P/c22-12-13-7-8-19(18(9-13)21(25)26)23-20(24)14-3-1-4-15(10-14)27-16-5-2-6-17(28)11-16/h1-11H,28H2,(H,23,24)(H,25,26). The number of nitrogens with zero attached hydrogens (tertiary/aromatic N) is 1. The molecule has 1 unspecified atom stereocenters. The normalized spacial score (nSPS) is 10.0. The zero-order chi connectivity index (χ0) is 20.1. The van der Waals surface area contributed by atoms with Crippen molar-refractivity contribution < 1.29 is 19.4 Å². The first-order valence-corrected chi connectivity index (χ1v) is 8.76. The fraction of sp³-hybridized carbons (Fsp3) is 0. The van der Waals surface area contributed by atoms with E-state index in [0.29, 0.717) is 17.1 Å². The lowest BCUT2D eigenvalue weighted by molar-refractivity contribution is 0.0698. The maximum atomic E-state index is 12.6. The van der Waals surface area contributed by atoms with Crippen LogP contribution in [0.2, 0.25) is 0 Å². The third-order valence-corrected chi connectivity index (χ3v) is 4.18. The number of nitrogens with one attached hydrogen (secondary N) is 1. The van der Waals surface area contributed by atoms with Crippen molar-refractivity contribution in [2.24, 2.45) is 0 Å². The fourth-order valence-corrected chi connectivity index (χ4v) is 2.78. The largest absolute Gasteiger partial charge is 0.478 e. The molecule has 7 heteroatoms. The van der Waals surface area contributed by atoms with Crippen molar-refractivity contribution in [2.75, 3.05) is 5.32 Å². The number of benzene rings is 3. The Bertz CT molecular complexity index is 1110. The molecule has 1 amide bonds. The van der Waals surface area contributed by atoms with Gasteiger partial charge >= 0.3 is 5.97 Å². The highest BCUT2D eigenvalue weighted by molar-refractivity contribution is 7.27. The molecule has 6 nitrogen and oxygen atoms in total. The lowest BCUT2D eigenvalue weighted by Crippen LogP contribution is -2.15. The SMILES string of the molecule is N#Cc1ccc(NC(=O)c2cccc(Oc3cccc(P)c3)c2)c(C(=O)O)c1. The summed E-state index contributed by atoms with van der Waals surface area (Å²) >= 11 is 0. The second kappa shape index (κ2) is 8.34. The van der Waals surface area contributed by atoms with Gasteiger partial charge in [0.2, 0.25) is 0 Å². The number of amides is 1. The smallest absolute Gasteiger partial charge is 0.337 e.